The molecule has 6 heterocycles. The lowest BCUT2D eigenvalue weighted by Gasteiger charge is -2.56. The van der Waals surface area contributed by atoms with E-state index in [9.17, 15) is 10.5 Å². The second-order valence-electron chi connectivity index (χ2n) is 8.63. The van der Waals surface area contributed by atoms with Crippen LogP contribution < -0.4 is 0 Å². The first-order valence-corrected chi connectivity index (χ1v) is 26.8. The zero-order valence-corrected chi connectivity index (χ0v) is 27.5. The van der Waals surface area contributed by atoms with Gasteiger partial charge in [0, 0.05) is 51.1 Å². The van der Waals surface area contributed by atoms with Gasteiger partial charge in [-0.25, -0.2) is 4.12 Å². The van der Waals surface area contributed by atoms with E-state index in [1.165, 1.54) is 13.1 Å². The smallest absolute Gasteiger partial charge is 0.374 e. The van der Waals surface area contributed by atoms with Crippen LogP contribution in [0.2, 0.25) is 38.3 Å². The fourth-order valence-electron chi connectivity index (χ4n) is 4.53. The summed E-state index contributed by atoms with van der Waals surface area (Å²) < 4.78 is 83.1. The lowest BCUT2D eigenvalue weighted by molar-refractivity contribution is -0.0182. The van der Waals surface area contributed by atoms with Crippen molar-refractivity contribution in [3.8, 4) is 12.1 Å². The highest BCUT2D eigenvalue weighted by atomic mass is 28.6. The second-order valence-corrected chi connectivity index (χ2v) is 31.6. The zero-order chi connectivity index (χ0) is 26.1. The number of rotatable bonds is 4. The fraction of sp³-hybridized carbons (Fsp3) is 0.667. The van der Waals surface area contributed by atoms with Gasteiger partial charge < -0.3 is 54.3 Å². The Morgan fingerprint density at radius 1 is 0.528 bits per heavy atom. The van der Waals surface area contributed by atoms with Crippen LogP contribution in [0.3, 0.4) is 0 Å². The molecule has 0 amide bonds. The molecule has 0 N–H and O–H groups in total. The molecule has 6 fully saturated rings. The average molecular weight is 637 g/mol. The molecule has 6 rings (SSSR count). The number of nitrogens with zero attached hydrogens (tertiary/aromatic N) is 4. The summed E-state index contributed by atoms with van der Waals surface area (Å²) in [6, 6.07) is 3.82. The van der Waals surface area contributed by atoms with Crippen molar-refractivity contribution in [2.75, 3.05) is 0 Å². The molecule has 0 radical (unpaired) electrons. The minimum Gasteiger partial charge on any atom is -0.374 e. The van der Waals surface area contributed by atoms with Gasteiger partial charge in [0.1, 0.15) is 0 Å². The molecule has 8 bridgehead atoms. The summed E-state index contributed by atoms with van der Waals surface area (Å²) in [5.74, 6) is 0. The second kappa shape index (κ2) is 8.36. The van der Waals surface area contributed by atoms with Crippen LogP contribution in [0.1, 0.15) is 12.8 Å². The van der Waals surface area contributed by atoms with Crippen LogP contribution in [0.15, 0.2) is 0 Å². The molecule has 0 spiro atoms. The van der Waals surface area contributed by atoms with E-state index in [1.807, 2.05) is 12.1 Å². The van der Waals surface area contributed by atoms with Crippen LogP contribution in [0, 0.1) is 35.8 Å². The van der Waals surface area contributed by atoms with E-state index < -0.39 is 70.8 Å². The molecule has 0 aromatic heterocycles. The van der Waals surface area contributed by atoms with Crippen molar-refractivity contribution < 1.29 is 49.4 Å². The normalized spacial score (nSPS) is 52.9. The Morgan fingerprint density at radius 3 is 1.22 bits per heavy atom. The molecular formula is C12H20N4O12Si8. The van der Waals surface area contributed by atoms with Gasteiger partial charge in [-0.2, -0.15) is 10.5 Å². The van der Waals surface area contributed by atoms with Gasteiger partial charge in [-0.15, -0.1) is 0 Å². The molecule has 6 saturated heterocycles. The summed E-state index contributed by atoms with van der Waals surface area (Å²) in [6.45, 7) is 22.1. The molecular weight excluding hydrogens is 617 g/mol. The van der Waals surface area contributed by atoms with Gasteiger partial charge in [0.15, 0.2) is 0 Å². The molecule has 6 aliphatic rings. The summed E-state index contributed by atoms with van der Waals surface area (Å²) in [4.78, 5) is 0. The Hall–Kier alpha value is -0.785. The maximum atomic E-state index is 9.38. The predicted molar refractivity (Wildman–Crippen MR) is 126 cm³/mol. The van der Waals surface area contributed by atoms with Crippen molar-refractivity contribution in [3.05, 3.63) is 22.2 Å². The zero-order valence-electron chi connectivity index (χ0n) is 19.5. The summed E-state index contributed by atoms with van der Waals surface area (Å²) >= 11 is 0. The molecule has 36 heavy (non-hydrogen) atoms. The van der Waals surface area contributed by atoms with Crippen LogP contribution in [0.5, 0.6) is 0 Å². The minimum atomic E-state index is -4.61. The molecule has 8 unspecified atom stereocenters. The fourth-order valence-corrected chi connectivity index (χ4v) is 47.3. The minimum absolute atomic E-state index is 0.0921. The van der Waals surface area contributed by atoms with Crippen LogP contribution >= 0.6 is 0 Å². The highest BCUT2D eigenvalue weighted by molar-refractivity contribution is 7.03. The van der Waals surface area contributed by atoms with E-state index in [0.29, 0.717) is 0 Å². The van der Waals surface area contributed by atoms with E-state index in [2.05, 4.69) is 9.02 Å². The molecule has 24 heteroatoms. The first-order chi connectivity index (χ1) is 16.7. The topological polar surface area (TPSA) is 167 Å². The van der Waals surface area contributed by atoms with E-state index in [1.54, 1.807) is 13.1 Å². The van der Waals surface area contributed by atoms with Crippen LogP contribution in [-0.2, 0) is 49.4 Å². The number of nitriles is 2. The maximum absolute atomic E-state index is 9.38. The Morgan fingerprint density at radius 2 is 0.889 bits per heavy atom. The lowest BCUT2D eigenvalue weighted by Crippen LogP contribution is -2.86. The molecule has 192 valence electrons. The Balaban J connectivity index is 1.82. The van der Waals surface area contributed by atoms with Crippen molar-refractivity contribution in [1.82, 2.24) is 0 Å². The molecule has 0 aromatic rings. The van der Waals surface area contributed by atoms with Gasteiger partial charge in [0.25, 0.3) is 0 Å². The van der Waals surface area contributed by atoms with E-state index in [0.717, 1.165) is 0 Å². The first-order valence-electron chi connectivity index (χ1n) is 10.7. The van der Waals surface area contributed by atoms with Gasteiger partial charge in [-0.1, -0.05) is 0 Å². The highest BCUT2D eigenvalue weighted by Crippen LogP contribution is 2.50. The van der Waals surface area contributed by atoms with Crippen LogP contribution in [-0.4, -0.2) is 70.8 Å². The Kier molecular flexibility index (Phi) is 6.22. The molecule has 8 atom stereocenters. The molecule has 6 aliphatic heterocycles. The summed E-state index contributed by atoms with van der Waals surface area (Å²) in [7, 11) is -33.1. The number of hydrogen-bond acceptors (Lipinski definition) is 14. The van der Waals surface area contributed by atoms with Gasteiger partial charge in [-0.3, -0.25) is 13.1 Å². The highest BCUT2D eigenvalue weighted by Gasteiger charge is 2.90. The Labute approximate surface area is 215 Å². The van der Waals surface area contributed by atoms with Gasteiger partial charge in [-0.05, 0) is 0 Å². The standard InChI is InChI=1S/C12H20N4O12Si8/c1-15-35-23-31(5)18-29(3)17-30(4)19-32(6,20-31)24-36(16-2,28-35)27-34(22-30,12-8-10-14)25-33(21-29,26-35)11-7-9-13/h7-8,11-12H2,3-6H3. The maximum Gasteiger partial charge on any atom is 0.946 e. The predicted octanol–water partition coefficient (Wildman–Crippen LogP) is 0.943. The third-order valence-corrected chi connectivity index (χ3v) is 39.0. The van der Waals surface area contributed by atoms with Crippen molar-refractivity contribution in [2.24, 2.45) is 0 Å². The largest absolute Gasteiger partial charge is 0.946 e. The summed E-state index contributed by atoms with van der Waals surface area (Å²) in [5, 5.41) is 18.8. The lowest BCUT2D eigenvalue weighted by atomic mass is 10.6. The van der Waals surface area contributed by atoms with Crippen molar-refractivity contribution in [2.45, 2.75) is 51.1 Å². The third-order valence-electron chi connectivity index (χ3n) is 5.29. The molecule has 0 aromatic carbocycles. The summed E-state index contributed by atoms with van der Waals surface area (Å²) in [5.41, 5.74) is 0. The van der Waals surface area contributed by atoms with Gasteiger partial charge >= 0.3 is 70.8 Å². The molecule has 0 aliphatic carbocycles. The monoisotopic (exact) mass is 636 g/mol. The SMILES string of the molecule is [C-]#[N+][Si]12O[Si]3(C)O[Si]4(C)O[Si]5(C)O[Si](C)(O3)O[Si]([N+]#[C-])(O[Si](CCC#N)(O5)O[Si](CCC#N)(O4)O1)O2. The van der Waals surface area contributed by atoms with Crippen molar-refractivity contribution in [3.63, 3.8) is 0 Å². The van der Waals surface area contributed by atoms with Crippen LogP contribution in [0.4, 0.5) is 0 Å². The van der Waals surface area contributed by atoms with E-state index in [-0.39, 0.29) is 24.9 Å². The first kappa shape index (κ1) is 26.8. The molecule has 0 saturated carbocycles. The van der Waals surface area contributed by atoms with Crippen LogP contribution in [0.25, 0.3) is 9.02 Å². The summed E-state index contributed by atoms with van der Waals surface area (Å²) in [6.07, 6.45) is -0.184. The number of hydrogen-bond donors (Lipinski definition) is 0. The van der Waals surface area contributed by atoms with E-state index >= 15 is 0 Å². The third kappa shape index (κ3) is 4.53. The van der Waals surface area contributed by atoms with Crippen molar-refractivity contribution in [1.29, 1.82) is 10.5 Å². The van der Waals surface area contributed by atoms with Gasteiger partial charge in [0.2, 0.25) is 0 Å². The van der Waals surface area contributed by atoms with Crippen molar-refractivity contribution >= 4 is 70.8 Å². The van der Waals surface area contributed by atoms with E-state index in [4.69, 9.17) is 62.5 Å². The van der Waals surface area contributed by atoms with Gasteiger partial charge in [0.05, 0.1) is 12.1 Å². The average Bonchev–Trinajstić information content (AvgIpc) is 2.70. The molecule has 16 nitrogen and oxygen atoms in total. The Bertz CT molecular complexity index is 1080. The quantitative estimate of drug-likeness (QED) is 0.316.